The Labute approximate surface area is 155 Å². The summed E-state index contributed by atoms with van der Waals surface area (Å²) in [4.78, 5) is 24.2. The molecule has 26 heavy (non-hydrogen) atoms. The highest BCUT2D eigenvalue weighted by molar-refractivity contribution is 7.89. The Morgan fingerprint density at radius 3 is 2.27 bits per heavy atom. The molecule has 138 valence electrons. The molecular formula is C17H15ClFNO5S. The van der Waals surface area contributed by atoms with Crippen LogP contribution in [0.15, 0.2) is 47.4 Å². The lowest BCUT2D eigenvalue weighted by molar-refractivity contribution is 0.0318. The summed E-state index contributed by atoms with van der Waals surface area (Å²) in [5.74, 6) is -1.90. The van der Waals surface area contributed by atoms with Crippen molar-refractivity contribution in [2.75, 3.05) is 7.05 Å². The summed E-state index contributed by atoms with van der Waals surface area (Å²) >= 11 is 5.86. The molecule has 0 saturated heterocycles. The molecule has 0 amide bonds. The molecule has 0 spiro atoms. The maximum Gasteiger partial charge on any atom is 0.338 e. The third kappa shape index (κ3) is 4.46. The molecule has 1 atom stereocenters. The van der Waals surface area contributed by atoms with Crippen molar-refractivity contribution in [2.45, 2.75) is 17.9 Å². The van der Waals surface area contributed by atoms with Crippen LogP contribution >= 0.6 is 11.6 Å². The molecule has 6 nitrogen and oxygen atoms in total. The van der Waals surface area contributed by atoms with Crippen molar-refractivity contribution in [3.05, 3.63) is 64.4 Å². The van der Waals surface area contributed by atoms with E-state index < -0.39 is 33.7 Å². The molecular weight excluding hydrogens is 385 g/mol. The van der Waals surface area contributed by atoms with Gasteiger partial charge in [0.1, 0.15) is 10.7 Å². The number of carbonyl (C=O) groups is 2. The lowest BCUT2D eigenvalue weighted by Gasteiger charge is -2.13. The maximum absolute atomic E-state index is 12.9. The van der Waals surface area contributed by atoms with Gasteiger partial charge in [0, 0.05) is 5.56 Å². The molecule has 9 heteroatoms. The second kappa shape index (κ2) is 7.94. The fraction of sp³-hybridized carbons (Fsp3) is 0.176. The predicted octanol–water partition coefficient (Wildman–Crippen LogP) is 2.82. The zero-order valence-corrected chi connectivity index (χ0v) is 15.4. The highest BCUT2D eigenvalue weighted by Gasteiger charge is 2.23. The van der Waals surface area contributed by atoms with Gasteiger partial charge in [-0.3, -0.25) is 4.79 Å². The summed E-state index contributed by atoms with van der Waals surface area (Å²) in [5.41, 5.74) is 0.100. The highest BCUT2D eigenvalue weighted by Crippen LogP contribution is 2.23. The monoisotopic (exact) mass is 399 g/mol. The quantitative estimate of drug-likeness (QED) is 0.596. The van der Waals surface area contributed by atoms with E-state index >= 15 is 0 Å². The summed E-state index contributed by atoms with van der Waals surface area (Å²) in [5, 5.41) is -0.0636. The number of ketones is 1. The minimum atomic E-state index is -3.87. The number of ether oxygens (including phenoxy) is 1. The first-order chi connectivity index (χ1) is 12.2. The summed E-state index contributed by atoms with van der Waals surface area (Å²) in [6, 6.07) is 8.39. The Hall–Kier alpha value is -2.29. The van der Waals surface area contributed by atoms with Crippen LogP contribution < -0.4 is 4.72 Å². The van der Waals surface area contributed by atoms with E-state index in [1.54, 1.807) is 0 Å². The van der Waals surface area contributed by atoms with Crippen molar-refractivity contribution >= 4 is 33.4 Å². The van der Waals surface area contributed by atoms with Crippen LogP contribution in [0.1, 0.15) is 27.6 Å². The maximum atomic E-state index is 12.9. The van der Waals surface area contributed by atoms with Crippen LogP contribution in [-0.4, -0.2) is 33.3 Å². The lowest BCUT2D eigenvalue weighted by atomic mass is 10.1. The Morgan fingerprint density at radius 1 is 1.12 bits per heavy atom. The SMILES string of the molecule is CNS(=O)(=O)c1cc(C(=O)O[C@H](C)C(=O)c2ccc(F)cc2)ccc1Cl. The van der Waals surface area contributed by atoms with Gasteiger partial charge in [-0.05, 0) is 56.4 Å². The number of halogens is 2. The summed E-state index contributed by atoms with van der Waals surface area (Å²) in [6.07, 6.45) is -1.15. The Balaban J connectivity index is 2.20. The molecule has 1 N–H and O–H groups in total. The van der Waals surface area contributed by atoms with Crippen LogP contribution in [0.5, 0.6) is 0 Å². The van der Waals surface area contributed by atoms with Crippen molar-refractivity contribution in [1.29, 1.82) is 0 Å². The van der Waals surface area contributed by atoms with Crippen LogP contribution in [0.25, 0.3) is 0 Å². The van der Waals surface area contributed by atoms with Gasteiger partial charge in [-0.25, -0.2) is 22.3 Å². The second-order valence-electron chi connectivity index (χ2n) is 5.27. The van der Waals surface area contributed by atoms with E-state index in [1.165, 1.54) is 38.2 Å². The Kier molecular flexibility index (Phi) is 6.12. The smallest absolute Gasteiger partial charge is 0.338 e. The van der Waals surface area contributed by atoms with E-state index in [1.807, 2.05) is 0 Å². The highest BCUT2D eigenvalue weighted by atomic mass is 35.5. The van der Waals surface area contributed by atoms with Gasteiger partial charge in [0.05, 0.1) is 10.6 Å². The fourth-order valence-electron chi connectivity index (χ4n) is 2.08. The van der Waals surface area contributed by atoms with Crippen LogP contribution in [0, 0.1) is 5.82 Å². The molecule has 0 radical (unpaired) electrons. The lowest BCUT2D eigenvalue weighted by Crippen LogP contribution is -2.25. The van der Waals surface area contributed by atoms with Crippen LogP contribution in [0.3, 0.4) is 0 Å². The molecule has 0 unspecified atom stereocenters. The number of hydrogen-bond donors (Lipinski definition) is 1. The Morgan fingerprint density at radius 2 is 1.69 bits per heavy atom. The number of carbonyl (C=O) groups excluding carboxylic acids is 2. The first kappa shape index (κ1) is 20.0. The summed E-state index contributed by atoms with van der Waals surface area (Å²) in [7, 11) is -2.66. The summed E-state index contributed by atoms with van der Waals surface area (Å²) in [6.45, 7) is 1.37. The molecule has 0 aliphatic carbocycles. The van der Waals surface area contributed by atoms with E-state index in [0.717, 1.165) is 18.2 Å². The van der Waals surface area contributed by atoms with E-state index in [9.17, 15) is 22.4 Å². The minimum absolute atomic E-state index is 0.0636. The standard InChI is InChI=1S/C17H15ClFNO5S/c1-10(16(21)11-3-6-13(19)7-4-11)25-17(22)12-5-8-14(18)15(9-12)26(23,24)20-2/h3-10,20H,1-2H3/t10-/m1/s1. The van der Waals surface area contributed by atoms with Gasteiger partial charge in [-0.2, -0.15) is 0 Å². The number of esters is 1. The normalized spacial score (nSPS) is 12.5. The van der Waals surface area contributed by atoms with E-state index in [0.29, 0.717) is 0 Å². The molecule has 0 fully saturated rings. The first-order valence-corrected chi connectivity index (χ1v) is 9.25. The van der Waals surface area contributed by atoms with Crippen molar-refractivity contribution in [3.8, 4) is 0 Å². The van der Waals surface area contributed by atoms with Crippen molar-refractivity contribution in [1.82, 2.24) is 4.72 Å². The predicted molar refractivity (Wildman–Crippen MR) is 93.3 cm³/mol. The van der Waals surface area contributed by atoms with Crippen molar-refractivity contribution in [3.63, 3.8) is 0 Å². The number of Topliss-reactive ketones (excluding diaryl/α,β-unsaturated/α-hetero) is 1. The van der Waals surface area contributed by atoms with Gasteiger partial charge in [0.25, 0.3) is 0 Å². The second-order valence-corrected chi connectivity index (χ2v) is 7.53. The molecule has 0 aromatic heterocycles. The zero-order chi connectivity index (χ0) is 19.5. The minimum Gasteiger partial charge on any atom is -0.451 e. The topological polar surface area (TPSA) is 89.5 Å². The van der Waals surface area contributed by atoms with Gasteiger partial charge in [0.15, 0.2) is 6.10 Å². The number of sulfonamides is 1. The molecule has 0 aliphatic heterocycles. The van der Waals surface area contributed by atoms with Crippen LogP contribution in [0.2, 0.25) is 5.02 Å². The Bertz CT molecular complexity index is 944. The van der Waals surface area contributed by atoms with Crippen LogP contribution in [0.4, 0.5) is 4.39 Å². The van der Waals surface area contributed by atoms with Gasteiger partial charge >= 0.3 is 5.97 Å². The average Bonchev–Trinajstić information content (AvgIpc) is 2.61. The summed E-state index contributed by atoms with van der Waals surface area (Å²) < 4.78 is 43.9. The van der Waals surface area contributed by atoms with Gasteiger partial charge in [-0.15, -0.1) is 0 Å². The molecule has 2 aromatic carbocycles. The van der Waals surface area contributed by atoms with Gasteiger partial charge in [-0.1, -0.05) is 11.6 Å². The van der Waals surface area contributed by atoms with Crippen LogP contribution in [-0.2, 0) is 14.8 Å². The fourth-order valence-corrected chi connectivity index (χ4v) is 3.33. The number of hydrogen-bond acceptors (Lipinski definition) is 5. The average molecular weight is 400 g/mol. The molecule has 2 aromatic rings. The molecule has 0 heterocycles. The zero-order valence-electron chi connectivity index (χ0n) is 13.8. The van der Waals surface area contributed by atoms with Gasteiger partial charge < -0.3 is 4.74 Å². The van der Waals surface area contributed by atoms with Crippen molar-refractivity contribution in [2.24, 2.45) is 0 Å². The third-order valence-corrected chi connectivity index (χ3v) is 5.40. The van der Waals surface area contributed by atoms with Gasteiger partial charge in [0.2, 0.25) is 15.8 Å². The van der Waals surface area contributed by atoms with Crippen molar-refractivity contribution < 1.29 is 27.1 Å². The largest absolute Gasteiger partial charge is 0.451 e. The first-order valence-electron chi connectivity index (χ1n) is 7.39. The van der Waals surface area contributed by atoms with E-state index in [2.05, 4.69) is 4.72 Å². The van der Waals surface area contributed by atoms with E-state index in [-0.39, 0.29) is 21.0 Å². The molecule has 0 saturated carbocycles. The number of benzene rings is 2. The number of rotatable bonds is 6. The molecule has 0 bridgehead atoms. The third-order valence-electron chi connectivity index (χ3n) is 3.51. The molecule has 0 aliphatic rings. The van der Waals surface area contributed by atoms with E-state index in [4.69, 9.17) is 16.3 Å². The molecule has 2 rings (SSSR count). The number of nitrogens with one attached hydrogen (secondary N) is 1.